The van der Waals surface area contributed by atoms with Crippen molar-refractivity contribution in [3.8, 4) is 11.5 Å². The summed E-state index contributed by atoms with van der Waals surface area (Å²) in [6, 6.07) is 13.8. The molecular formula is C24H32N2O3. The number of rotatable bonds is 7. The maximum atomic E-state index is 10.7. The van der Waals surface area contributed by atoms with Crippen LogP contribution >= 0.6 is 0 Å². The first-order valence-electron chi connectivity index (χ1n) is 10.1. The maximum absolute atomic E-state index is 10.7. The predicted octanol–water partition coefficient (Wildman–Crippen LogP) is 4.91. The number of nitrogens with zero attached hydrogens (tertiary/aromatic N) is 2. The minimum atomic E-state index is -0.653. The van der Waals surface area contributed by atoms with Gasteiger partial charge in [-0.2, -0.15) is 0 Å². The summed E-state index contributed by atoms with van der Waals surface area (Å²) in [6.07, 6.45) is -0.653. The van der Waals surface area contributed by atoms with Crippen LogP contribution in [0.15, 0.2) is 42.5 Å². The van der Waals surface area contributed by atoms with Crippen LogP contribution in [0.5, 0.6) is 11.5 Å². The van der Waals surface area contributed by atoms with Crippen LogP contribution in [-0.4, -0.2) is 34.5 Å². The number of fused-ring (bicyclic) bond motifs is 1. The summed E-state index contributed by atoms with van der Waals surface area (Å²) in [5.74, 6) is 2.82. The monoisotopic (exact) mass is 396 g/mol. The zero-order valence-corrected chi connectivity index (χ0v) is 18.3. The van der Waals surface area contributed by atoms with Crippen molar-refractivity contribution in [2.75, 3.05) is 13.7 Å². The van der Waals surface area contributed by atoms with E-state index < -0.39 is 6.10 Å². The van der Waals surface area contributed by atoms with E-state index in [0.717, 1.165) is 33.9 Å². The quantitative estimate of drug-likeness (QED) is 0.617. The average molecular weight is 397 g/mol. The number of ether oxygens (including phenoxy) is 2. The second-order valence-electron chi connectivity index (χ2n) is 8.80. The van der Waals surface area contributed by atoms with E-state index in [4.69, 9.17) is 14.5 Å². The van der Waals surface area contributed by atoms with Crippen molar-refractivity contribution in [2.24, 2.45) is 0 Å². The summed E-state index contributed by atoms with van der Waals surface area (Å²) < 4.78 is 13.5. The molecule has 1 N–H and O–H groups in total. The van der Waals surface area contributed by atoms with Crippen molar-refractivity contribution in [1.82, 2.24) is 9.55 Å². The van der Waals surface area contributed by atoms with Gasteiger partial charge in [0.15, 0.2) is 0 Å². The van der Waals surface area contributed by atoms with Crippen LogP contribution in [0.1, 0.15) is 51.9 Å². The Morgan fingerprint density at radius 3 is 2.48 bits per heavy atom. The molecule has 0 aliphatic carbocycles. The number of hydrogen-bond donors (Lipinski definition) is 1. The van der Waals surface area contributed by atoms with Crippen molar-refractivity contribution < 1.29 is 14.6 Å². The van der Waals surface area contributed by atoms with Crippen molar-refractivity contribution in [3.63, 3.8) is 0 Å². The molecule has 0 radical (unpaired) electrons. The van der Waals surface area contributed by atoms with Crippen LogP contribution in [0.3, 0.4) is 0 Å². The third kappa shape index (κ3) is 4.73. The minimum absolute atomic E-state index is 0.0970. The Labute approximate surface area is 173 Å². The zero-order valence-electron chi connectivity index (χ0n) is 18.3. The highest BCUT2D eigenvalue weighted by Crippen LogP contribution is 2.34. The first-order valence-corrected chi connectivity index (χ1v) is 10.1. The number of aliphatic hydroxyl groups excluding tert-OH is 1. The standard InChI is InChI=1S/C24H32N2O3/c1-16(2)23-25-20-9-7-8-10-21(20)26(23)14-17(27)15-29-22-12-11-18(28-6)13-19(22)24(3,4)5/h7-13,16-17,27H,14-15H2,1-6H3. The molecule has 0 saturated heterocycles. The van der Waals surface area contributed by atoms with Crippen LogP contribution in [0, 0.1) is 0 Å². The van der Waals surface area contributed by atoms with Crippen LogP contribution in [0.25, 0.3) is 11.0 Å². The fraction of sp³-hybridized carbons (Fsp3) is 0.458. The van der Waals surface area contributed by atoms with Gasteiger partial charge in [-0.05, 0) is 35.7 Å². The highest BCUT2D eigenvalue weighted by atomic mass is 16.5. The van der Waals surface area contributed by atoms with Gasteiger partial charge in [0.2, 0.25) is 0 Å². The van der Waals surface area contributed by atoms with Gasteiger partial charge in [0.1, 0.15) is 30.0 Å². The second-order valence-corrected chi connectivity index (χ2v) is 8.80. The molecule has 0 aliphatic heterocycles. The molecule has 1 aromatic heterocycles. The molecular weight excluding hydrogens is 364 g/mol. The summed E-state index contributed by atoms with van der Waals surface area (Å²) in [6.45, 7) is 11.3. The molecule has 1 atom stereocenters. The molecule has 1 unspecified atom stereocenters. The fourth-order valence-corrected chi connectivity index (χ4v) is 3.52. The van der Waals surface area contributed by atoms with E-state index in [-0.39, 0.29) is 17.9 Å². The first-order chi connectivity index (χ1) is 13.7. The van der Waals surface area contributed by atoms with Gasteiger partial charge in [-0.25, -0.2) is 4.98 Å². The lowest BCUT2D eigenvalue weighted by Crippen LogP contribution is -2.25. The lowest BCUT2D eigenvalue weighted by atomic mass is 9.86. The van der Waals surface area contributed by atoms with Crippen LogP contribution in [0.2, 0.25) is 0 Å². The topological polar surface area (TPSA) is 56.5 Å². The summed E-state index contributed by atoms with van der Waals surface area (Å²) >= 11 is 0. The molecule has 0 spiro atoms. The number of aliphatic hydroxyl groups is 1. The molecule has 2 aromatic carbocycles. The van der Waals surface area contributed by atoms with E-state index in [9.17, 15) is 5.11 Å². The van der Waals surface area contributed by atoms with Crippen molar-refractivity contribution in [3.05, 3.63) is 53.9 Å². The molecule has 5 nitrogen and oxygen atoms in total. The Bertz CT molecular complexity index is 970. The van der Waals surface area contributed by atoms with Gasteiger partial charge in [0, 0.05) is 11.5 Å². The van der Waals surface area contributed by atoms with Crippen molar-refractivity contribution >= 4 is 11.0 Å². The summed E-state index contributed by atoms with van der Waals surface area (Å²) in [7, 11) is 1.66. The molecule has 5 heteroatoms. The molecule has 0 bridgehead atoms. The smallest absolute Gasteiger partial charge is 0.123 e. The van der Waals surface area contributed by atoms with Gasteiger partial charge in [0.25, 0.3) is 0 Å². The maximum Gasteiger partial charge on any atom is 0.123 e. The third-order valence-corrected chi connectivity index (χ3v) is 5.02. The Morgan fingerprint density at radius 1 is 1.10 bits per heavy atom. The van der Waals surface area contributed by atoms with E-state index in [2.05, 4.69) is 39.2 Å². The third-order valence-electron chi connectivity index (χ3n) is 5.02. The van der Waals surface area contributed by atoms with E-state index in [0.29, 0.717) is 6.54 Å². The lowest BCUT2D eigenvalue weighted by molar-refractivity contribution is 0.0915. The van der Waals surface area contributed by atoms with Crippen LogP contribution in [-0.2, 0) is 12.0 Å². The van der Waals surface area contributed by atoms with E-state index in [1.54, 1.807) is 7.11 Å². The molecule has 3 rings (SSSR count). The highest BCUT2D eigenvalue weighted by Gasteiger charge is 2.21. The second kappa shape index (κ2) is 8.46. The lowest BCUT2D eigenvalue weighted by Gasteiger charge is -2.24. The Balaban J connectivity index is 1.79. The molecule has 1 heterocycles. The SMILES string of the molecule is COc1ccc(OCC(O)Cn2c(C(C)C)nc3ccccc32)c(C(C)(C)C)c1. The van der Waals surface area contributed by atoms with Crippen LogP contribution < -0.4 is 9.47 Å². The molecule has 3 aromatic rings. The highest BCUT2D eigenvalue weighted by molar-refractivity contribution is 5.76. The normalized spacial score (nSPS) is 13.1. The van der Waals surface area contributed by atoms with E-state index >= 15 is 0 Å². The molecule has 0 fully saturated rings. The first kappa shape index (κ1) is 21.2. The van der Waals surface area contributed by atoms with Gasteiger partial charge < -0.3 is 19.1 Å². The molecule has 0 amide bonds. The predicted molar refractivity (Wildman–Crippen MR) is 117 cm³/mol. The van der Waals surface area contributed by atoms with E-state index in [1.165, 1.54) is 0 Å². The summed E-state index contributed by atoms with van der Waals surface area (Å²) in [4.78, 5) is 4.75. The average Bonchev–Trinajstić information content (AvgIpc) is 3.04. The van der Waals surface area contributed by atoms with Gasteiger partial charge in [-0.15, -0.1) is 0 Å². The van der Waals surface area contributed by atoms with Crippen molar-refractivity contribution in [1.29, 1.82) is 0 Å². The van der Waals surface area contributed by atoms with Gasteiger partial charge in [0.05, 0.1) is 24.7 Å². The summed E-state index contributed by atoms with van der Waals surface area (Å²) in [5, 5.41) is 10.7. The fourth-order valence-electron chi connectivity index (χ4n) is 3.52. The number of para-hydroxylation sites is 2. The number of imidazole rings is 1. The van der Waals surface area contributed by atoms with Crippen molar-refractivity contribution in [2.45, 2.75) is 58.6 Å². The van der Waals surface area contributed by atoms with Gasteiger partial charge in [-0.3, -0.25) is 0 Å². The van der Waals surface area contributed by atoms with Gasteiger partial charge in [-0.1, -0.05) is 46.8 Å². The minimum Gasteiger partial charge on any atom is -0.497 e. The Hall–Kier alpha value is -2.53. The number of aromatic nitrogens is 2. The molecule has 0 saturated carbocycles. The van der Waals surface area contributed by atoms with Gasteiger partial charge >= 0.3 is 0 Å². The van der Waals surface area contributed by atoms with E-state index in [1.807, 2.05) is 42.5 Å². The number of benzene rings is 2. The summed E-state index contributed by atoms with van der Waals surface area (Å²) in [5.41, 5.74) is 2.95. The molecule has 0 aliphatic rings. The number of methoxy groups -OCH3 is 1. The largest absolute Gasteiger partial charge is 0.497 e. The molecule has 29 heavy (non-hydrogen) atoms. The zero-order chi connectivity index (χ0) is 21.2. The Morgan fingerprint density at radius 2 is 1.83 bits per heavy atom. The molecule has 156 valence electrons. The Kier molecular flexibility index (Phi) is 6.18. The number of hydrogen-bond acceptors (Lipinski definition) is 4. The van der Waals surface area contributed by atoms with Crippen LogP contribution in [0.4, 0.5) is 0 Å².